The summed E-state index contributed by atoms with van der Waals surface area (Å²) in [6.45, 7) is 7.11. The Bertz CT molecular complexity index is 821. The zero-order valence-electron chi connectivity index (χ0n) is 14.0. The average molecular weight is 332 g/mol. The van der Waals surface area contributed by atoms with Crippen molar-refractivity contribution in [3.05, 3.63) is 33.9 Å². The Labute approximate surface area is 138 Å². The summed E-state index contributed by atoms with van der Waals surface area (Å²) in [5, 5.41) is 9.19. The third-order valence-electron chi connectivity index (χ3n) is 3.04. The van der Waals surface area contributed by atoms with Crippen molar-refractivity contribution >= 4 is 17.6 Å². The average Bonchev–Trinajstić information content (AvgIpc) is 2.86. The number of nitrogens with zero attached hydrogens (tertiary/aromatic N) is 3. The zero-order valence-corrected chi connectivity index (χ0v) is 14.0. The number of hydrogen-bond acceptors (Lipinski definition) is 5. The molecule has 24 heavy (non-hydrogen) atoms. The molecule has 128 valence electrons. The van der Waals surface area contributed by atoms with Crippen LogP contribution in [-0.4, -0.2) is 37.6 Å². The minimum absolute atomic E-state index is 0.158. The van der Waals surface area contributed by atoms with Crippen LogP contribution >= 0.6 is 0 Å². The first-order valence-corrected chi connectivity index (χ1v) is 7.59. The predicted octanol–water partition coefficient (Wildman–Crippen LogP) is 0.290. The van der Waals surface area contributed by atoms with Gasteiger partial charge < -0.3 is 10.6 Å². The Hall–Kier alpha value is -2.97. The predicted molar refractivity (Wildman–Crippen MR) is 88.0 cm³/mol. The van der Waals surface area contributed by atoms with Gasteiger partial charge in [-0.25, -0.2) is 4.98 Å². The van der Waals surface area contributed by atoms with E-state index in [-0.39, 0.29) is 23.4 Å². The van der Waals surface area contributed by atoms with Gasteiger partial charge in [-0.2, -0.15) is 9.78 Å². The van der Waals surface area contributed by atoms with Crippen molar-refractivity contribution in [2.75, 3.05) is 5.32 Å². The lowest BCUT2D eigenvalue weighted by Gasteiger charge is -2.10. The van der Waals surface area contributed by atoms with E-state index in [9.17, 15) is 14.4 Å². The maximum Gasteiger partial charge on any atom is 0.314 e. The Balaban J connectivity index is 2.34. The highest BCUT2D eigenvalue weighted by Gasteiger charge is 2.18. The molecule has 2 amide bonds. The first-order valence-electron chi connectivity index (χ1n) is 7.59. The summed E-state index contributed by atoms with van der Waals surface area (Å²) in [6.07, 6.45) is 0.579. The van der Waals surface area contributed by atoms with E-state index in [4.69, 9.17) is 0 Å². The van der Waals surface area contributed by atoms with E-state index in [1.165, 1.54) is 10.7 Å². The number of carbonyl (C=O) groups excluding carboxylic acids is 2. The van der Waals surface area contributed by atoms with E-state index in [0.717, 1.165) is 0 Å². The molecule has 2 heterocycles. The summed E-state index contributed by atoms with van der Waals surface area (Å²) in [6, 6.07) is 2.82. The van der Waals surface area contributed by atoms with Gasteiger partial charge in [0.15, 0.2) is 0 Å². The lowest BCUT2D eigenvalue weighted by atomic mass is 10.3. The minimum Gasteiger partial charge on any atom is -0.346 e. The van der Waals surface area contributed by atoms with E-state index in [2.05, 4.69) is 25.7 Å². The maximum absolute atomic E-state index is 12.0. The Morgan fingerprint density at radius 2 is 2.00 bits per heavy atom. The van der Waals surface area contributed by atoms with Gasteiger partial charge in [-0.1, -0.05) is 6.92 Å². The highest BCUT2D eigenvalue weighted by molar-refractivity contribution is 6.39. The second-order valence-corrected chi connectivity index (χ2v) is 5.58. The van der Waals surface area contributed by atoms with E-state index in [0.29, 0.717) is 17.8 Å². The molecule has 9 heteroatoms. The van der Waals surface area contributed by atoms with Crippen LogP contribution in [0.25, 0.3) is 5.95 Å². The fourth-order valence-corrected chi connectivity index (χ4v) is 2.03. The molecule has 0 aromatic carbocycles. The van der Waals surface area contributed by atoms with Crippen molar-refractivity contribution in [2.24, 2.45) is 0 Å². The summed E-state index contributed by atoms with van der Waals surface area (Å²) in [4.78, 5) is 42.3. The van der Waals surface area contributed by atoms with Gasteiger partial charge in [0.2, 0.25) is 5.95 Å². The minimum atomic E-state index is -0.821. The van der Waals surface area contributed by atoms with Gasteiger partial charge in [0.1, 0.15) is 5.82 Å². The molecule has 0 aliphatic rings. The number of rotatable bonds is 4. The number of aromatic nitrogens is 4. The highest BCUT2D eigenvalue weighted by Crippen LogP contribution is 2.14. The molecule has 0 spiro atoms. The van der Waals surface area contributed by atoms with Gasteiger partial charge in [0.05, 0.1) is 5.69 Å². The maximum atomic E-state index is 12.0. The van der Waals surface area contributed by atoms with Crippen molar-refractivity contribution in [3.63, 3.8) is 0 Å². The number of amides is 2. The van der Waals surface area contributed by atoms with Crippen molar-refractivity contribution in [3.8, 4) is 5.95 Å². The van der Waals surface area contributed by atoms with Gasteiger partial charge in [0, 0.05) is 23.9 Å². The summed E-state index contributed by atoms with van der Waals surface area (Å²) in [5.41, 5.74) is 0.871. The molecule has 0 unspecified atom stereocenters. The number of carbonyl (C=O) groups is 2. The van der Waals surface area contributed by atoms with Crippen LogP contribution in [0, 0.1) is 6.92 Å². The molecule has 0 atom stereocenters. The first kappa shape index (κ1) is 17.4. The number of nitrogens with one attached hydrogen (secondary N) is 3. The van der Waals surface area contributed by atoms with Gasteiger partial charge in [0.25, 0.3) is 5.56 Å². The van der Waals surface area contributed by atoms with Crippen LogP contribution in [0.5, 0.6) is 0 Å². The molecule has 3 N–H and O–H groups in total. The lowest BCUT2D eigenvalue weighted by molar-refractivity contribution is -0.136. The van der Waals surface area contributed by atoms with E-state index >= 15 is 0 Å². The fraction of sp³-hybridized carbons (Fsp3) is 0.400. The lowest BCUT2D eigenvalue weighted by Crippen LogP contribution is -2.39. The van der Waals surface area contributed by atoms with E-state index < -0.39 is 11.8 Å². The van der Waals surface area contributed by atoms with Crippen molar-refractivity contribution in [1.82, 2.24) is 25.1 Å². The highest BCUT2D eigenvalue weighted by atomic mass is 16.2. The smallest absolute Gasteiger partial charge is 0.314 e. The van der Waals surface area contributed by atoms with Crippen LogP contribution in [0.2, 0.25) is 0 Å². The summed E-state index contributed by atoms with van der Waals surface area (Å²) >= 11 is 0. The van der Waals surface area contributed by atoms with Crippen LogP contribution in [0.1, 0.15) is 32.2 Å². The van der Waals surface area contributed by atoms with Gasteiger partial charge >= 0.3 is 11.8 Å². The molecule has 0 saturated carbocycles. The Kier molecular flexibility index (Phi) is 5.12. The second kappa shape index (κ2) is 7.07. The monoisotopic (exact) mass is 332 g/mol. The van der Waals surface area contributed by atoms with Crippen molar-refractivity contribution < 1.29 is 9.59 Å². The molecule has 2 aromatic heterocycles. The molecule has 0 bridgehead atoms. The third kappa shape index (κ3) is 4.06. The Morgan fingerprint density at radius 3 is 2.62 bits per heavy atom. The molecule has 0 aliphatic carbocycles. The Morgan fingerprint density at radius 1 is 1.29 bits per heavy atom. The molecular formula is C15H20N6O3. The van der Waals surface area contributed by atoms with Gasteiger partial charge in [-0.3, -0.25) is 19.4 Å². The normalized spacial score (nSPS) is 10.7. The number of aromatic amines is 1. The second-order valence-electron chi connectivity index (χ2n) is 5.58. The van der Waals surface area contributed by atoms with Crippen LogP contribution in [-0.2, 0) is 16.0 Å². The quantitative estimate of drug-likeness (QED) is 0.695. The summed E-state index contributed by atoms with van der Waals surface area (Å²) in [5.74, 6) is -1.15. The molecule has 0 fully saturated rings. The molecule has 0 aliphatic heterocycles. The van der Waals surface area contributed by atoms with Crippen LogP contribution < -0.4 is 16.2 Å². The molecule has 9 nitrogen and oxygen atoms in total. The van der Waals surface area contributed by atoms with E-state index in [1.807, 2.05) is 6.92 Å². The van der Waals surface area contributed by atoms with Crippen LogP contribution in [0.15, 0.2) is 16.9 Å². The topological polar surface area (TPSA) is 122 Å². The summed E-state index contributed by atoms with van der Waals surface area (Å²) in [7, 11) is 0. The van der Waals surface area contributed by atoms with Gasteiger partial charge in [-0.15, -0.1) is 0 Å². The number of hydrogen-bond donors (Lipinski definition) is 3. The molecule has 2 aromatic rings. The van der Waals surface area contributed by atoms with E-state index in [1.54, 1.807) is 26.8 Å². The van der Waals surface area contributed by atoms with Crippen molar-refractivity contribution in [1.29, 1.82) is 0 Å². The number of anilines is 1. The SMILES string of the molecule is CCc1cc(=O)[nH]c(-n2nc(C)cc2NC(=O)C(=O)NC(C)C)n1. The third-order valence-corrected chi connectivity index (χ3v) is 3.04. The number of aryl methyl sites for hydroxylation is 2. The molecule has 2 rings (SSSR count). The standard InChI is InChI=1S/C15H20N6O3/c1-5-10-7-12(22)19-15(17-10)21-11(6-9(4)20-21)18-14(24)13(23)16-8(2)3/h6-8H,5H2,1-4H3,(H,16,23)(H,18,24)(H,17,19,22). The fourth-order valence-electron chi connectivity index (χ4n) is 2.03. The molecule has 0 saturated heterocycles. The molecule has 0 radical (unpaired) electrons. The number of H-pyrrole nitrogens is 1. The largest absolute Gasteiger partial charge is 0.346 e. The first-order chi connectivity index (χ1) is 11.3. The molecular weight excluding hydrogens is 312 g/mol. The zero-order chi connectivity index (χ0) is 17.9. The van der Waals surface area contributed by atoms with Gasteiger partial charge in [-0.05, 0) is 27.2 Å². The van der Waals surface area contributed by atoms with Crippen LogP contribution in [0.3, 0.4) is 0 Å². The van der Waals surface area contributed by atoms with Crippen LogP contribution in [0.4, 0.5) is 5.82 Å². The summed E-state index contributed by atoms with van der Waals surface area (Å²) < 4.78 is 1.29. The van der Waals surface area contributed by atoms with Crippen molar-refractivity contribution in [2.45, 2.75) is 40.2 Å².